The van der Waals surface area contributed by atoms with Gasteiger partial charge in [0.25, 0.3) is 10.0 Å². The van der Waals surface area contributed by atoms with Gasteiger partial charge in [0.15, 0.2) is 0 Å². The third-order valence-corrected chi connectivity index (χ3v) is 5.97. The van der Waals surface area contributed by atoms with Crippen molar-refractivity contribution in [2.45, 2.75) is 57.6 Å². The molecule has 0 amide bonds. The van der Waals surface area contributed by atoms with E-state index in [0.29, 0.717) is 13.2 Å². The van der Waals surface area contributed by atoms with E-state index in [1.807, 2.05) is 58.0 Å². The van der Waals surface area contributed by atoms with E-state index in [1.165, 1.54) is 4.31 Å². The molecule has 28 heavy (non-hydrogen) atoms. The Balaban J connectivity index is 2.20. The van der Waals surface area contributed by atoms with Gasteiger partial charge in [0.1, 0.15) is 5.60 Å². The summed E-state index contributed by atoms with van der Waals surface area (Å²) < 4.78 is 33.2. The molecule has 5 heteroatoms. The average Bonchev–Trinajstić information content (AvgIpc) is 2.67. The van der Waals surface area contributed by atoms with Crippen LogP contribution in [0.4, 0.5) is 0 Å². The Hall–Kier alpha value is -2.29. The van der Waals surface area contributed by atoms with Gasteiger partial charge in [-0.1, -0.05) is 61.4 Å². The van der Waals surface area contributed by atoms with Gasteiger partial charge < -0.3 is 4.74 Å². The summed E-state index contributed by atoms with van der Waals surface area (Å²) in [5.41, 5.74) is 1.29. The Kier molecular flexibility index (Phi) is 7.68. The van der Waals surface area contributed by atoms with Crippen molar-refractivity contribution in [3.63, 3.8) is 0 Å². The van der Waals surface area contributed by atoms with Crippen LogP contribution in [-0.4, -0.2) is 24.9 Å². The first-order valence-electron chi connectivity index (χ1n) is 9.55. The zero-order valence-electron chi connectivity index (χ0n) is 17.1. The van der Waals surface area contributed by atoms with Gasteiger partial charge in [0.05, 0.1) is 11.5 Å². The number of unbranched alkanes of at least 4 members (excludes halogenated alkanes) is 1. The molecule has 4 nitrogen and oxygen atoms in total. The van der Waals surface area contributed by atoms with E-state index in [0.717, 1.165) is 24.0 Å². The first kappa shape index (κ1) is 22.0. The van der Waals surface area contributed by atoms with Gasteiger partial charge in [-0.2, -0.15) is 0 Å². The quantitative estimate of drug-likeness (QED) is 0.476. The normalized spacial score (nSPS) is 11.6. The topological polar surface area (TPSA) is 46.6 Å². The van der Waals surface area contributed by atoms with Crippen molar-refractivity contribution in [1.29, 1.82) is 0 Å². The molecule has 2 rings (SSSR count). The molecule has 0 unspecified atom stereocenters. The molecule has 0 aliphatic carbocycles. The van der Waals surface area contributed by atoms with Crippen molar-refractivity contribution in [2.75, 3.05) is 6.54 Å². The SMILES string of the molecule is CCCCN(C#CC(C)(C)OCc1ccccc1)S(=O)(=O)c1ccc(C)cc1. The summed E-state index contributed by atoms with van der Waals surface area (Å²) in [6.45, 7) is 8.42. The van der Waals surface area contributed by atoms with E-state index in [-0.39, 0.29) is 4.90 Å². The highest BCUT2D eigenvalue weighted by molar-refractivity contribution is 7.89. The zero-order chi connectivity index (χ0) is 20.6. The molecule has 0 saturated heterocycles. The molecule has 0 N–H and O–H groups in total. The number of ether oxygens (including phenoxy) is 1. The molecule has 0 aliphatic rings. The number of sulfonamides is 1. The molecule has 0 saturated carbocycles. The molecule has 0 spiro atoms. The highest BCUT2D eigenvalue weighted by Crippen LogP contribution is 2.18. The van der Waals surface area contributed by atoms with E-state index in [2.05, 4.69) is 12.0 Å². The second-order valence-corrected chi connectivity index (χ2v) is 9.13. The van der Waals surface area contributed by atoms with Crippen molar-refractivity contribution < 1.29 is 13.2 Å². The van der Waals surface area contributed by atoms with Crippen LogP contribution in [-0.2, 0) is 21.4 Å². The van der Waals surface area contributed by atoms with Crippen molar-refractivity contribution in [1.82, 2.24) is 4.31 Å². The van der Waals surface area contributed by atoms with Gasteiger partial charge in [-0.05, 0) is 50.8 Å². The van der Waals surface area contributed by atoms with Crippen molar-refractivity contribution in [2.24, 2.45) is 0 Å². The lowest BCUT2D eigenvalue weighted by atomic mass is 10.1. The van der Waals surface area contributed by atoms with Crippen LogP contribution in [0.1, 0.15) is 44.7 Å². The molecule has 2 aromatic rings. The van der Waals surface area contributed by atoms with Gasteiger partial charge in [-0.3, -0.25) is 0 Å². The highest BCUT2D eigenvalue weighted by atomic mass is 32.2. The number of benzene rings is 2. The predicted octanol–water partition coefficient (Wildman–Crippen LogP) is 4.74. The van der Waals surface area contributed by atoms with Gasteiger partial charge >= 0.3 is 0 Å². The number of rotatable bonds is 8. The number of hydrogen-bond acceptors (Lipinski definition) is 3. The molecular formula is C23H29NO3S. The zero-order valence-corrected chi connectivity index (χ0v) is 17.9. The molecule has 0 bridgehead atoms. The Morgan fingerprint density at radius 1 is 1.04 bits per heavy atom. The Morgan fingerprint density at radius 2 is 1.68 bits per heavy atom. The lowest BCUT2D eigenvalue weighted by Crippen LogP contribution is -2.29. The minimum absolute atomic E-state index is 0.256. The monoisotopic (exact) mass is 399 g/mol. The molecule has 0 aromatic heterocycles. The summed E-state index contributed by atoms with van der Waals surface area (Å²) in [7, 11) is -3.68. The molecule has 2 aromatic carbocycles. The summed E-state index contributed by atoms with van der Waals surface area (Å²) in [6.07, 6.45) is 1.63. The van der Waals surface area contributed by atoms with Gasteiger partial charge in [0, 0.05) is 12.6 Å². The van der Waals surface area contributed by atoms with Crippen LogP contribution < -0.4 is 0 Å². The minimum atomic E-state index is -3.68. The molecule has 0 fully saturated rings. The number of aryl methyl sites for hydroxylation is 1. The van der Waals surface area contributed by atoms with Crippen molar-refractivity contribution in [3.05, 3.63) is 65.7 Å². The van der Waals surface area contributed by atoms with E-state index >= 15 is 0 Å². The molecular weight excluding hydrogens is 370 g/mol. The molecule has 0 radical (unpaired) electrons. The van der Waals surface area contributed by atoms with Crippen LogP contribution in [0.15, 0.2) is 59.5 Å². The molecule has 0 aliphatic heterocycles. The maximum Gasteiger partial charge on any atom is 0.270 e. The first-order valence-corrected chi connectivity index (χ1v) is 11.0. The van der Waals surface area contributed by atoms with Gasteiger partial charge in [0.2, 0.25) is 0 Å². The number of nitrogens with zero attached hydrogens (tertiary/aromatic N) is 1. The molecule has 150 valence electrons. The third-order valence-electron chi connectivity index (χ3n) is 4.25. The largest absolute Gasteiger partial charge is 0.358 e. The predicted molar refractivity (Wildman–Crippen MR) is 113 cm³/mol. The summed E-state index contributed by atoms with van der Waals surface area (Å²) in [6, 6.07) is 19.5. The van der Waals surface area contributed by atoms with Crippen LogP contribution in [0, 0.1) is 18.9 Å². The second-order valence-electron chi connectivity index (χ2n) is 7.27. The molecule has 0 heterocycles. The fourth-order valence-corrected chi connectivity index (χ4v) is 3.72. The Bertz CT molecular complexity index is 908. The standard InChI is InChI=1S/C23H29NO3S/c1-5-6-17-24(28(25,26)22-14-12-20(2)13-15-22)18-16-23(3,4)27-19-21-10-8-7-9-11-21/h7-15H,5-6,17,19H2,1-4H3. The second kappa shape index (κ2) is 9.77. The number of hydrogen-bond donors (Lipinski definition) is 0. The van der Waals surface area contributed by atoms with Crippen LogP contribution in [0.2, 0.25) is 0 Å². The Morgan fingerprint density at radius 3 is 2.29 bits per heavy atom. The van der Waals surface area contributed by atoms with Crippen molar-refractivity contribution in [3.8, 4) is 12.0 Å². The highest BCUT2D eigenvalue weighted by Gasteiger charge is 2.23. The fourth-order valence-electron chi connectivity index (χ4n) is 2.45. The van der Waals surface area contributed by atoms with Crippen LogP contribution >= 0.6 is 0 Å². The summed E-state index contributed by atoms with van der Waals surface area (Å²) in [5, 5.41) is 0. The summed E-state index contributed by atoms with van der Waals surface area (Å²) >= 11 is 0. The third kappa shape index (κ3) is 6.40. The summed E-state index contributed by atoms with van der Waals surface area (Å²) in [5.74, 6) is 3.00. The van der Waals surface area contributed by atoms with Crippen molar-refractivity contribution >= 4 is 10.0 Å². The van der Waals surface area contributed by atoms with E-state index in [9.17, 15) is 8.42 Å². The molecule has 0 atom stereocenters. The Labute approximate surface area is 169 Å². The summed E-state index contributed by atoms with van der Waals surface area (Å²) in [4.78, 5) is 0.256. The van der Waals surface area contributed by atoms with Crippen LogP contribution in [0.5, 0.6) is 0 Å². The maximum absolute atomic E-state index is 13.0. The van der Waals surface area contributed by atoms with E-state index < -0.39 is 15.6 Å². The lowest BCUT2D eigenvalue weighted by Gasteiger charge is -2.21. The lowest BCUT2D eigenvalue weighted by molar-refractivity contribution is 0.0142. The smallest absolute Gasteiger partial charge is 0.270 e. The van der Waals surface area contributed by atoms with Gasteiger partial charge in [-0.15, -0.1) is 0 Å². The van der Waals surface area contributed by atoms with Crippen LogP contribution in [0.3, 0.4) is 0 Å². The van der Waals surface area contributed by atoms with E-state index in [1.54, 1.807) is 24.3 Å². The maximum atomic E-state index is 13.0. The minimum Gasteiger partial charge on any atom is -0.358 e. The average molecular weight is 400 g/mol. The van der Waals surface area contributed by atoms with E-state index in [4.69, 9.17) is 4.74 Å². The van der Waals surface area contributed by atoms with Gasteiger partial charge in [-0.25, -0.2) is 12.7 Å². The first-order chi connectivity index (χ1) is 13.2. The fraction of sp³-hybridized carbons (Fsp3) is 0.391. The van der Waals surface area contributed by atoms with Crippen LogP contribution in [0.25, 0.3) is 0 Å².